The Labute approximate surface area is 172 Å². The van der Waals surface area contributed by atoms with Gasteiger partial charge in [0.15, 0.2) is 5.72 Å². The van der Waals surface area contributed by atoms with E-state index in [9.17, 15) is 0 Å². The van der Waals surface area contributed by atoms with Crippen molar-refractivity contribution in [2.75, 3.05) is 0 Å². The summed E-state index contributed by atoms with van der Waals surface area (Å²) in [6.07, 6.45) is 6.64. The Morgan fingerprint density at radius 2 is 1.89 bits per heavy atom. The molecule has 4 heteroatoms. The highest BCUT2D eigenvalue weighted by Crippen LogP contribution is 2.52. The van der Waals surface area contributed by atoms with E-state index in [-0.39, 0.29) is 11.8 Å². The number of hydrazone groups is 1. The highest BCUT2D eigenvalue weighted by atomic mass is 35.5. The van der Waals surface area contributed by atoms with Crippen molar-refractivity contribution in [1.82, 2.24) is 5.01 Å². The minimum absolute atomic E-state index is 0.205. The summed E-state index contributed by atoms with van der Waals surface area (Å²) in [7, 11) is 0. The Bertz CT molecular complexity index is 913. The highest BCUT2D eigenvalue weighted by Gasteiger charge is 2.51. The first-order chi connectivity index (χ1) is 13.6. The van der Waals surface area contributed by atoms with Gasteiger partial charge in [-0.05, 0) is 49.4 Å². The van der Waals surface area contributed by atoms with Crippen LogP contribution in [0, 0.1) is 12.8 Å². The van der Waals surface area contributed by atoms with Crippen molar-refractivity contribution < 1.29 is 4.74 Å². The van der Waals surface area contributed by atoms with Crippen molar-refractivity contribution in [3.63, 3.8) is 0 Å². The lowest BCUT2D eigenvalue weighted by Crippen LogP contribution is -2.55. The molecule has 0 N–H and O–H groups in total. The summed E-state index contributed by atoms with van der Waals surface area (Å²) in [5.74, 6) is 1.79. The Hall–Kier alpha value is -2.00. The van der Waals surface area contributed by atoms with E-state index in [1.54, 1.807) is 0 Å². The molecule has 3 nitrogen and oxygen atoms in total. The number of hydrogen-bond donors (Lipinski definition) is 0. The van der Waals surface area contributed by atoms with Crippen LogP contribution in [0.2, 0.25) is 5.02 Å². The van der Waals surface area contributed by atoms with Crippen LogP contribution in [-0.4, -0.2) is 16.4 Å². The van der Waals surface area contributed by atoms with Gasteiger partial charge >= 0.3 is 0 Å². The van der Waals surface area contributed by atoms with Gasteiger partial charge in [-0.3, -0.25) is 0 Å². The van der Waals surface area contributed by atoms with Gasteiger partial charge in [0, 0.05) is 29.8 Å². The monoisotopic (exact) mass is 394 g/mol. The van der Waals surface area contributed by atoms with Crippen LogP contribution in [0.15, 0.2) is 47.6 Å². The molecule has 0 amide bonds. The molecule has 1 atom stereocenters. The van der Waals surface area contributed by atoms with Crippen LogP contribution in [0.25, 0.3) is 0 Å². The molecule has 1 aliphatic carbocycles. The van der Waals surface area contributed by atoms with Crippen molar-refractivity contribution in [2.24, 2.45) is 11.0 Å². The van der Waals surface area contributed by atoms with Crippen LogP contribution in [0.3, 0.4) is 0 Å². The minimum atomic E-state index is -0.316. The second-order valence-electron chi connectivity index (χ2n) is 8.56. The second kappa shape index (κ2) is 6.81. The van der Waals surface area contributed by atoms with Gasteiger partial charge in [0.25, 0.3) is 0 Å². The Kier molecular flexibility index (Phi) is 4.39. The van der Waals surface area contributed by atoms with Crippen LogP contribution in [0.1, 0.15) is 68.2 Å². The van der Waals surface area contributed by atoms with E-state index < -0.39 is 0 Å². The molecular formula is C24H27ClN2O. The molecule has 0 saturated heterocycles. The Morgan fingerprint density at radius 3 is 2.61 bits per heavy atom. The molecule has 1 fully saturated rings. The average Bonchev–Trinajstić information content (AvgIpc) is 3.17. The van der Waals surface area contributed by atoms with E-state index in [0.717, 1.165) is 41.7 Å². The molecule has 146 valence electrons. The second-order valence-corrected chi connectivity index (χ2v) is 9.00. The first-order valence-electron chi connectivity index (χ1n) is 10.5. The van der Waals surface area contributed by atoms with Gasteiger partial charge in [0.1, 0.15) is 5.75 Å². The molecule has 2 aromatic carbocycles. The van der Waals surface area contributed by atoms with Crippen LogP contribution in [0.4, 0.5) is 0 Å². The third-order valence-corrected chi connectivity index (χ3v) is 7.04. The summed E-state index contributed by atoms with van der Waals surface area (Å²) in [5, 5.41) is 8.19. The lowest BCUT2D eigenvalue weighted by atomic mass is 9.80. The van der Waals surface area contributed by atoms with E-state index >= 15 is 0 Å². The zero-order valence-electron chi connectivity index (χ0n) is 16.6. The number of rotatable bonds is 2. The topological polar surface area (TPSA) is 24.8 Å². The minimum Gasteiger partial charge on any atom is -0.466 e. The van der Waals surface area contributed by atoms with Gasteiger partial charge in [-0.1, -0.05) is 54.8 Å². The van der Waals surface area contributed by atoms with Crippen LogP contribution in [0.5, 0.6) is 5.75 Å². The van der Waals surface area contributed by atoms with Gasteiger partial charge in [0.05, 0.1) is 11.8 Å². The molecule has 2 aromatic rings. The van der Waals surface area contributed by atoms with Crippen LogP contribution < -0.4 is 4.74 Å². The lowest BCUT2D eigenvalue weighted by molar-refractivity contribution is -0.146. The molecule has 1 saturated carbocycles. The zero-order valence-corrected chi connectivity index (χ0v) is 17.4. The van der Waals surface area contributed by atoms with Gasteiger partial charge in [0.2, 0.25) is 0 Å². The smallest absolute Gasteiger partial charge is 0.198 e. The molecular weight excluding hydrogens is 368 g/mol. The number of benzene rings is 2. The third-order valence-electron chi connectivity index (χ3n) is 6.81. The summed E-state index contributed by atoms with van der Waals surface area (Å²) in [4.78, 5) is 0. The van der Waals surface area contributed by atoms with Crippen molar-refractivity contribution in [3.05, 3.63) is 64.2 Å². The van der Waals surface area contributed by atoms with Gasteiger partial charge < -0.3 is 4.74 Å². The molecule has 0 radical (unpaired) electrons. The summed E-state index contributed by atoms with van der Waals surface area (Å²) in [6.45, 7) is 4.42. The zero-order chi connectivity index (χ0) is 19.3. The third kappa shape index (κ3) is 2.91. The molecule has 1 spiro atoms. The number of halogens is 1. The molecule has 28 heavy (non-hydrogen) atoms. The first-order valence-corrected chi connectivity index (χ1v) is 10.9. The van der Waals surface area contributed by atoms with Crippen molar-refractivity contribution >= 4 is 17.3 Å². The van der Waals surface area contributed by atoms with E-state index in [1.807, 2.05) is 12.1 Å². The van der Waals surface area contributed by atoms with Crippen molar-refractivity contribution in [1.29, 1.82) is 0 Å². The van der Waals surface area contributed by atoms with E-state index in [0.29, 0.717) is 0 Å². The normalized spacial score (nSPS) is 28.5. The molecule has 0 aromatic heterocycles. The maximum absolute atomic E-state index is 6.69. The quantitative estimate of drug-likeness (QED) is 0.581. The van der Waals surface area contributed by atoms with Gasteiger partial charge in [-0.2, -0.15) is 5.10 Å². The fraction of sp³-hybridized carbons (Fsp3) is 0.458. The summed E-state index contributed by atoms with van der Waals surface area (Å²) in [5.41, 5.74) is 4.49. The number of nitrogens with zero attached hydrogens (tertiary/aromatic N) is 2. The van der Waals surface area contributed by atoms with E-state index in [4.69, 9.17) is 21.4 Å². The van der Waals surface area contributed by atoms with Crippen molar-refractivity contribution in [2.45, 2.75) is 64.1 Å². The largest absolute Gasteiger partial charge is 0.466 e. The first kappa shape index (κ1) is 18.1. The summed E-state index contributed by atoms with van der Waals surface area (Å²) >= 11 is 6.34. The van der Waals surface area contributed by atoms with Crippen molar-refractivity contribution in [3.8, 4) is 5.75 Å². The highest BCUT2D eigenvalue weighted by molar-refractivity contribution is 6.30. The van der Waals surface area contributed by atoms with Gasteiger partial charge in [-0.15, -0.1) is 0 Å². The molecule has 3 aliphatic rings. The van der Waals surface area contributed by atoms with Crippen LogP contribution in [-0.2, 0) is 0 Å². The summed E-state index contributed by atoms with van der Waals surface area (Å²) in [6, 6.07) is 15.0. The number of ether oxygens (including phenoxy) is 1. The fourth-order valence-corrected chi connectivity index (χ4v) is 5.22. The Morgan fingerprint density at radius 1 is 1.14 bits per heavy atom. The van der Waals surface area contributed by atoms with Gasteiger partial charge in [-0.25, -0.2) is 5.01 Å². The molecule has 2 heterocycles. The maximum Gasteiger partial charge on any atom is 0.198 e. The predicted molar refractivity (Wildman–Crippen MR) is 114 cm³/mol. The number of hydrogen-bond acceptors (Lipinski definition) is 3. The predicted octanol–water partition coefficient (Wildman–Crippen LogP) is 6.49. The maximum atomic E-state index is 6.69. The molecule has 0 bridgehead atoms. The molecule has 1 unspecified atom stereocenters. The average molecular weight is 395 g/mol. The van der Waals surface area contributed by atoms with E-state index in [2.05, 4.69) is 49.2 Å². The summed E-state index contributed by atoms with van der Waals surface area (Å²) < 4.78 is 6.69. The SMILES string of the molecule is CCC1CCC2(CC1)Oc1ccc(Cl)cc1C1CC(c3ccc(C)cc3)=NN12. The number of fused-ring (bicyclic) bond motifs is 4. The fourth-order valence-electron chi connectivity index (χ4n) is 5.04. The number of aryl methyl sites for hydroxylation is 1. The Balaban J connectivity index is 1.56. The van der Waals surface area contributed by atoms with E-state index in [1.165, 1.54) is 36.0 Å². The van der Waals surface area contributed by atoms with Crippen LogP contribution >= 0.6 is 11.6 Å². The lowest BCUT2D eigenvalue weighted by Gasteiger charge is -2.50. The molecule has 2 aliphatic heterocycles. The molecule has 5 rings (SSSR count). The standard InChI is InChI=1S/C24H27ClN2O/c1-3-17-10-12-24(13-11-17)27-22(20-14-19(25)8-9-23(20)28-24)15-21(26-27)18-6-4-16(2)5-7-18/h4-9,14,17,22H,3,10-13,15H2,1-2H3.